The Hall–Kier alpha value is -1.22. The highest BCUT2D eigenvalue weighted by Crippen LogP contribution is 2.11. The molecule has 1 unspecified atom stereocenters. The van der Waals surface area contributed by atoms with Crippen molar-refractivity contribution in [2.75, 3.05) is 72.1 Å². The fraction of sp³-hybridized carbons (Fsp3) is 0.882. The zero-order valence-corrected chi connectivity index (χ0v) is 15.5. The van der Waals surface area contributed by atoms with Crippen molar-refractivity contribution in [3.63, 3.8) is 0 Å². The normalized spacial score (nSPS) is 21.4. The molecule has 25 heavy (non-hydrogen) atoms. The van der Waals surface area contributed by atoms with Gasteiger partial charge in [-0.2, -0.15) is 0 Å². The van der Waals surface area contributed by atoms with Gasteiger partial charge in [-0.05, 0) is 0 Å². The summed E-state index contributed by atoms with van der Waals surface area (Å²) in [5, 5.41) is 9.32. The molecule has 2 fully saturated rings. The van der Waals surface area contributed by atoms with E-state index in [0.29, 0.717) is 26.1 Å². The monoisotopic (exact) mass is 356 g/mol. The summed E-state index contributed by atoms with van der Waals surface area (Å²) in [4.78, 5) is 31.0. The van der Waals surface area contributed by atoms with Gasteiger partial charge in [0.1, 0.15) is 6.23 Å². The Balaban J connectivity index is 1.70. The van der Waals surface area contributed by atoms with Gasteiger partial charge in [-0.25, -0.2) is 0 Å². The number of nitrogens with zero attached hydrogens (tertiary/aromatic N) is 4. The van der Waals surface area contributed by atoms with Crippen molar-refractivity contribution in [3.05, 3.63) is 0 Å². The number of aliphatic hydroxyl groups is 1. The number of amides is 2. The zero-order chi connectivity index (χ0) is 18.2. The smallest absolute Gasteiger partial charge is 0.219 e. The number of carbonyl (C=O) groups is 2. The summed E-state index contributed by atoms with van der Waals surface area (Å²) in [6.07, 6.45) is 0.482. The summed E-state index contributed by atoms with van der Waals surface area (Å²) in [5.74, 6) is 0.257. The van der Waals surface area contributed by atoms with Crippen LogP contribution in [0.1, 0.15) is 20.3 Å². The average Bonchev–Trinajstić information content (AvgIpc) is 2.61. The number of carbonyl (C=O) groups excluding carboxylic acids is 2. The fourth-order valence-electron chi connectivity index (χ4n) is 3.41. The molecule has 2 saturated heterocycles. The summed E-state index contributed by atoms with van der Waals surface area (Å²) < 4.78 is 6.04. The third-order valence-corrected chi connectivity index (χ3v) is 5.08. The highest BCUT2D eigenvalue weighted by atomic mass is 16.5. The molecular formula is C17H32N4O4. The van der Waals surface area contributed by atoms with E-state index in [2.05, 4.69) is 9.80 Å². The summed E-state index contributed by atoms with van der Waals surface area (Å²) in [6, 6.07) is 0. The third-order valence-electron chi connectivity index (χ3n) is 5.08. The van der Waals surface area contributed by atoms with Gasteiger partial charge in [-0.15, -0.1) is 0 Å². The van der Waals surface area contributed by atoms with E-state index in [1.165, 1.54) is 0 Å². The summed E-state index contributed by atoms with van der Waals surface area (Å²) >= 11 is 0. The van der Waals surface area contributed by atoms with Gasteiger partial charge in [0.15, 0.2) is 0 Å². The van der Waals surface area contributed by atoms with Gasteiger partial charge in [-0.3, -0.25) is 19.4 Å². The molecule has 8 nitrogen and oxygen atoms in total. The van der Waals surface area contributed by atoms with Crippen molar-refractivity contribution in [2.45, 2.75) is 26.5 Å². The SMILES string of the molecule is CC(=O)N1CCN(CCOC(CCO)N2CCN(C(C)=O)CC2)CC1. The molecule has 144 valence electrons. The van der Waals surface area contributed by atoms with Crippen LogP contribution in [0.4, 0.5) is 0 Å². The van der Waals surface area contributed by atoms with E-state index in [1.54, 1.807) is 13.8 Å². The first-order chi connectivity index (χ1) is 12.0. The summed E-state index contributed by atoms with van der Waals surface area (Å²) in [5.41, 5.74) is 0. The lowest BCUT2D eigenvalue weighted by Crippen LogP contribution is -2.53. The maximum absolute atomic E-state index is 11.4. The van der Waals surface area contributed by atoms with Crippen molar-refractivity contribution in [1.29, 1.82) is 0 Å². The van der Waals surface area contributed by atoms with Crippen LogP contribution in [0.15, 0.2) is 0 Å². The van der Waals surface area contributed by atoms with Crippen molar-refractivity contribution < 1.29 is 19.4 Å². The maximum atomic E-state index is 11.4. The van der Waals surface area contributed by atoms with Crippen LogP contribution in [0.25, 0.3) is 0 Å². The second-order valence-corrected chi connectivity index (χ2v) is 6.73. The minimum absolute atomic E-state index is 0.0921. The lowest BCUT2D eigenvalue weighted by Gasteiger charge is -2.39. The lowest BCUT2D eigenvalue weighted by molar-refractivity contribution is -0.135. The summed E-state index contributed by atoms with van der Waals surface area (Å²) in [7, 11) is 0. The molecule has 0 radical (unpaired) electrons. The molecule has 0 aromatic rings. The minimum Gasteiger partial charge on any atom is -0.396 e. The van der Waals surface area contributed by atoms with Crippen molar-refractivity contribution in [3.8, 4) is 0 Å². The predicted molar refractivity (Wildman–Crippen MR) is 94.0 cm³/mol. The Bertz CT molecular complexity index is 432. The van der Waals surface area contributed by atoms with Gasteiger partial charge in [0, 0.05) is 85.8 Å². The second-order valence-electron chi connectivity index (χ2n) is 6.73. The predicted octanol–water partition coefficient (Wildman–Crippen LogP) is -0.960. The van der Waals surface area contributed by atoms with Gasteiger partial charge in [-0.1, -0.05) is 0 Å². The van der Waals surface area contributed by atoms with Crippen LogP contribution < -0.4 is 0 Å². The van der Waals surface area contributed by atoms with Crippen molar-refractivity contribution >= 4 is 11.8 Å². The van der Waals surface area contributed by atoms with E-state index >= 15 is 0 Å². The molecule has 1 N–H and O–H groups in total. The van der Waals surface area contributed by atoms with E-state index in [1.807, 2.05) is 9.80 Å². The standard InChI is InChI=1S/C17H32N4O4/c1-15(23)19-6-4-18(5-7-19)12-14-25-17(3-13-22)21-10-8-20(9-11-21)16(2)24/h17,22H,3-14H2,1-2H3. The van der Waals surface area contributed by atoms with Crippen LogP contribution in [0.5, 0.6) is 0 Å². The largest absolute Gasteiger partial charge is 0.396 e. The molecule has 0 spiro atoms. The molecule has 0 saturated carbocycles. The van der Waals surface area contributed by atoms with Crippen LogP contribution in [-0.4, -0.2) is 115 Å². The molecule has 2 aliphatic heterocycles. The van der Waals surface area contributed by atoms with Crippen LogP contribution >= 0.6 is 0 Å². The van der Waals surface area contributed by atoms with Crippen LogP contribution in [0.3, 0.4) is 0 Å². The van der Waals surface area contributed by atoms with Crippen molar-refractivity contribution in [1.82, 2.24) is 19.6 Å². The maximum Gasteiger partial charge on any atom is 0.219 e. The topological polar surface area (TPSA) is 76.6 Å². The highest BCUT2D eigenvalue weighted by Gasteiger charge is 2.25. The number of rotatable bonds is 7. The molecule has 1 atom stereocenters. The first kappa shape index (κ1) is 20.1. The molecule has 2 heterocycles. The molecule has 8 heteroatoms. The second kappa shape index (κ2) is 10.1. The summed E-state index contributed by atoms with van der Waals surface area (Å²) in [6.45, 7) is 11.1. The Morgan fingerprint density at radius 2 is 1.44 bits per heavy atom. The van der Waals surface area contributed by atoms with E-state index in [-0.39, 0.29) is 24.6 Å². The van der Waals surface area contributed by atoms with Gasteiger partial charge >= 0.3 is 0 Å². The minimum atomic E-state index is -0.0994. The number of ether oxygens (including phenoxy) is 1. The Morgan fingerprint density at radius 3 is 1.92 bits per heavy atom. The molecule has 0 aromatic heterocycles. The molecule has 0 bridgehead atoms. The van der Waals surface area contributed by atoms with Gasteiger partial charge in [0.25, 0.3) is 0 Å². The molecule has 0 aromatic carbocycles. The van der Waals surface area contributed by atoms with E-state index in [4.69, 9.17) is 4.74 Å². The van der Waals surface area contributed by atoms with Gasteiger partial charge in [0.2, 0.25) is 11.8 Å². The Morgan fingerprint density at radius 1 is 0.920 bits per heavy atom. The van der Waals surface area contributed by atoms with Gasteiger partial charge in [0.05, 0.1) is 6.61 Å². The van der Waals surface area contributed by atoms with Crippen LogP contribution in [-0.2, 0) is 14.3 Å². The van der Waals surface area contributed by atoms with E-state index < -0.39 is 0 Å². The quantitative estimate of drug-likeness (QED) is 0.633. The zero-order valence-electron chi connectivity index (χ0n) is 15.5. The highest BCUT2D eigenvalue weighted by molar-refractivity contribution is 5.73. The average molecular weight is 356 g/mol. The van der Waals surface area contributed by atoms with E-state index in [9.17, 15) is 14.7 Å². The molecular weight excluding hydrogens is 324 g/mol. The molecule has 2 aliphatic rings. The Kier molecular flexibility index (Phi) is 8.08. The third kappa shape index (κ3) is 6.22. The molecule has 2 amide bonds. The first-order valence-corrected chi connectivity index (χ1v) is 9.21. The number of piperazine rings is 2. The molecule has 2 rings (SSSR count). The number of hydrogen-bond donors (Lipinski definition) is 1. The Labute approximate surface area is 150 Å². The van der Waals surface area contributed by atoms with Crippen LogP contribution in [0, 0.1) is 0 Å². The van der Waals surface area contributed by atoms with Crippen LogP contribution in [0.2, 0.25) is 0 Å². The fourth-order valence-corrected chi connectivity index (χ4v) is 3.41. The number of hydrogen-bond acceptors (Lipinski definition) is 6. The van der Waals surface area contributed by atoms with E-state index in [0.717, 1.165) is 45.8 Å². The molecule has 0 aliphatic carbocycles. The lowest BCUT2D eigenvalue weighted by atomic mass is 10.2. The van der Waals surface area contributed by atoms with Crippen molar-refractivity contribution in [2.24, 2.45) is 0 Å². The number of aliphatic hydroxyl groups excluding tert-OH is 1. The van der Waals surface area contributed by atoms with Gasteiger partial charge < -0.3 is 19.6 Å². The first-order valence-electron chi connectivity index (χ1n) is 9.21.